The minimum atomic E-state index is -0.602. The molecule has 7 heteroatoms. The normalized spacial score (nSPS) is 43.0. The van der Waals surface area contributed by atoms with Gasteiger partial charge in [0, 0.05) is 18.6 Å². The molecular formula is C18H33B2NO4. The number of ether oxygens (including phenoxy) is 3. The molecule has 2 heterocycles. The van der Waals surface area contributed by atoms with Gasteiger partial charge in [0.25, 0.3) is 5.91 Å². The van der Waals surface area contributed by atoms with Gasteiger partial charge in [0.05, 0.1) is 18.8 Å². The maximum Gasteiger partial charge on any atom is 0.252 e. The summed E-state index contributed by atoms with van der Waals surface area (Å²) in [7, 11) is 4.20. The average molecular weight is 349 g/mol. The number of carbonyl (C=O) groups excluding carboxylic acids is 1. The zero-order valence-corrected chi connectivity index (χ0v) is 16.4. The maximum atomic E-state index is 12.7. The molecule has 140 valence electrons. The van der Waals surface area contributed by atoms with Gasteiger partial charge in [-0.15, -0.1) is 0 Å². The highest BCUT2D eigenvalue weighted by molar-refractivity contribution is 6.12. The van der Waals surface area contributed by atoms with Gasteiger partial charge in [-0.05, 0) is 43.4 Å². The molecule has 1 saturated carbocycles. The lowest BCUT2D eigenvalue weighted by Crippen LogP contribution is -2.50. The summed E-state index contributed by atoms with van der Waals surface area (Å²) >= 11 is 0. The highest BCUT2D eigenvalue weighted by atomic mass is 16.6. The van der Waals surface area contributed by atoms with Crippen LogP contribution in [0.15, 0.2) is 0 Å². The van der Waals surface area contributed by atoms with E-state index in [9.17, 15) is 4.79 Å². The van der Waals surface area contributed by atoms with Crippen LogP contribution in [0.2, 0.25) is 0 Å². The van der Waals surface area contributed by atoms with Crippen LogP contribution in [-0.4, -0.2) is 64.6 Å². The van der Waals surface area contributed by atoms with Crippen molar-refractivity contribution in [1.82, 2.24) is 5.32 Å². The Hall–Kier alpha value is -0.520. The number of fused-ring (bicyclic) bond motifs is 2. The number of carbonyl (C=O) groups is 1. The van der Waals surface area contributed by atoms with E-state index >= 15 is 0 Å². The standard InChI is InChI=1S/C18H33B2NO4/c1-10(2)8-14-13(9-15(19)24-14)23-7-6-21-17(22)18-5-4-12(11(18)3)16(20)25-18/h10-16H,4-9,19-20H2,1-3H3,(H,21,22)/t11?,12?,13-,14?,15-,16?,18+/m1/s1. The molecule has 1 N–H and O–H groups in total. The smallest absolute Gasteiger partial charge is 0.252 e. The largest absolute Gasteiger partial charge is 0.381 e. The van der Waals surface area contributed by atoms with Gasteiger partial charge in [0.1, 0.15) is 21.3 Å². The first kappa shape index (κ1) is 19.2. The van der Waals surface area contributed by atoms with Crippen molar-refractivity contribution < 1.29 is 19.0 Å². The summed E-state index contributed by atoms with van der Waals surface area (Å²) in [5.41, 5.74) is -0.602. The highest BCUT2D eigenvalue weighted by Gasteiger charge is 2.60. The molecule has 2 saturated heterocycles. The van der Waals surface area contributed by atoms with Crippen LogP contribution in [0.3, 0.4) is 0 Å². The van der Waals surface area contributed by atoms with Crippen molar-refractivity contribution >= 4 is 21.6 Å². The molecule has 3 rings (SSSR count). The number of hydrogen-bond donors (Lipinski definition) is 1. The van der Waals surface area contributed by atoms with E-state index in [2.05, 4.69) is 41.8 Å². The molecule has 5 nitrogen and oxygen atoms in total. The molecule has 0 spiro atoms. The SMILES string of the molecule is BC1O[C@@]2(C(=O)NCCO[C@@H]3C[C@H](B)OC3CC(C)C)CCC1C2C. The second-order valence-corrected chi connectivity index (χ2v) is 8.72. The van der Waals surface area contributed by atoms with Crippen molar-refractivity contribution in [3.8, 4) is 0 Å². The Morgan fingerprint density at radius 3 is 2.76 bits per heavy atom. The quantitative estimate of drug-likeness (QED) is 0.522. The van der Waals surface area contributed by atoms with Crippen molar-refractivity contribution in [1.29, 1.82) is 0 Å². The van der Waals surface area contributed by atoms with Gasteiger partial charge in [-0.25, -0.2) is 0 Å². The average Bonchev–Trinajstić information content (AvgIpc) is 3.12. The van der Waals surface area contributed by atoms with E-state index in [-0.39, 0.29) is 30.1 Å². The zero-order valence-electron chi connectivity index (χ0n) is 16.4. The van der Waals surface area contributed by atoms with Gasteiger partial charge >= 0.3 is 0 Å². The van der Waals surface area contributed by atoms with Crippen molar-refractivity contribution in [3.05, 3.63) is 0 Å². The van der Waals surface area contributed by atoms with Gasteiger partial charge in [0.2, 0.25) is 0 Å². The molecule has 25 heavy (non-hydrogen) atoms. The molecule has 3 fully saturated rings. The summed E-state index contributed by atoms with van der Waals surface area (Å²) < 4.78 is 18.1. The number of rotatable bonds is 7. The Morgan fingerprint density at radius 1 is 1.40 bits per heavy atom. The van der Waals surface area contributed by atoms with Crippen LogP contribution < -0.4 is 5.32 Å². The first-order valence-electron chi connectivity index (χ1n) is 10.1. The number of amides is 1. The van der Waals surface area contributed by atoms with Crippen LogP contribution in [0.5, 0.6) is 0 Å². The molecule has 2 aliphatic heterocycles. The molecule has 0 aromatic carbocycles. The number of nitrogens with one attached hydrogen (secondary N) is 1. The molecular weight excluding hydrogens is 316 g/mol. The van der Waals surface area contributed by atoms with Crippen LogP contribution in [0.25, 0.3) is 0 Å². The monoisotopic (exact) mass is 349 g/mol. The first-order chi connectivity index (χ1) is 11.8. The van der Waals surface area contributed by atoms with Crippen molar-refractivity contribution in [3.63, 3.8) is 0 Å². The summed E-state index contributed by atoms with van der Waals surface area (Å²) in [6.45, 7) is 7.65. The van der Waals surface area contributed by atoms with E-state index in [0.29, 0.717) is 30.9 Å². The topological polar surface area (TPSA) is 56.8 Å². The molecule has 0 radical (unpaired) electrons. The van der Waals surface area contributed by atoms with Crippen molar-refractivity contribution in [2.45, 2.75) is 76.3 Å². The lowest BCUT2D eigenvalue weighted by Gasteiger charge is -2.30. The lowest BCUT2D eigenvalue weighted by molar-refractivity contribution is -0.147. The summed E-state index contributed by atoms with van der Waals surface area (Å²) in [4.78, 5) is 12.7. The van der Waals surface area contributed by atoms with Gasteiger partial charge in [-0.1, -0.05) is 20.8 Å². The fraction of sp³-hybridized carbons (Fsp3) is 0.944. The van der Waals surface area contributed by atoms with Gasteiger partial charge < -0.3 is 19.5 Å². The molecule has 2 bridgehead atoms. The lowest BCUT2D eigenvalue weighted by atomic mass is 9.82. The van der Waals surface area contributed by atoms with Crippen LogP contribution in [0.1, 0.15) is 46.5 Å². The molecule has 4 unspecified atom stereocenters. The van der Waals surface area contributed by atoms with Crippen LogP contribution in [0, 0.1) is 17.8 Å². The molecule has 1 aliphatic carbocycles. The van der Waals surface area contributed by atoms with Gasteiger partial charge in [-0.2, -0.15) is 0 Å². The number of hydrogen-bond acceptors (Lipinski definition) is 4. The predicted molar refractivity (Wildman–Crippen MR) is 102 cm³/mol. The Kier molecular flexibility index (Phi) is 5.86. The van der Waals surface area contributed by atoms with E-state index in [0.717, 1.165) is 25.7 Å². The Morgan fingerprint density at radius 2 is 2.16 bits per heavy atom. The summed E-state index contributed by atoms with van der Waals surface area (Å²) in [6.07, 6.45) is 4.23. The second kappa shape index (κ2) is 7.61. The third-order valence-electron chi connectivity index (χ3n) is 6.42. The van der Waals surface area contributed by atoms with E-state index < -0.39 is 5.60 Å². The Labute approximate surface area is 153 Å². The van der Waals surface area contributed by atoms with Crippen LogP contribution in [0.4, 0.5) is 0 Å². The molecule has 3 aliphatic rings. The zero-order chi connectivity index (χ0) is 18.2. The van der Waals surface area contributed by atoms with Crippen molar-refractivity contribution in [2.24, 2.45) is 17.8 Å². The van der Waals surface area contributed by atoms with Crippen molar-refractivity contribution in [2.75, 3.05) is 13.2 Å². The summed E-state index contributed by atoms with van der Waals surface area (Å²) in [6, 6.07) is 0.451. The highest BCUT2D eigenvalue weighted by Crippen LogP contribution is 2.51. The minimum absolute atomic E-state index is 0.0465. The predicted octanol–water partition coefficient (Wildman–Crippen LogP) is 0.0563. The molecule has 0 aromatic heterocycles. The Balaban J connectivity index is 1.43. The summed E-state index contributed by atoms with van der Waals surface area (Å²) in [5, 5.41) is 3.06. The van der Waals surface area contributed by atoms with E-state index in [4.69, 9.17) is 14.2 Å². The van der Waals surface area contributed by atoms with E-state index in [1.165, 1.54) is 0 Å². The van der Waals surface area contributed by atoms with Gasteiger partial charge in [-0.3, -0.25) is 4.79 Å². The summed E-state index contributed by atoms with van der Waals surface area (Å²) in [5.74, 6) is 1.47. The van der Waals surface area contributed by atoms with E-state index in [1.807, 2.05) is 0 Å². The Bertz CT molecular complexity index is 492. The second-order valence-electron chi connectivity index (χ2n) is 8.72. The molecule has 1 amide bonds. The maximum absolute atomic E-state index is 12.7. The van der Waals surface area contributed by atoms with Gasteiger partial charge in [0.15, 0.2) is 0 Å². The van der Waals surface area contributed by atoms with Crippen LogP contribution >= 0.6 is 0 Å². The fourth-order valence-corrected chi connectivity index (χ4v) is 5.10. The molecule has 7 atom stereocenters. The fourth-order valence-electron chi connectivity index (χ4n) is 5.10. The first-order valence-corrected chi connectivity index (χ1v) is 10.1. The third-order valence-corrected chi connectivity index (χ3v) is 6.42. The molecule has 0 aromatic rings. The van der Waals surface area contributed by atoms with E-state index in [1.54, 1.807) is 0 Å². The van der Waals surface area contributed by atoms with Crippen LogP contribution in [-0.2, 0) is 19.0 Å². The third kappa shape index (κ3) is 3.79. The minimum Gasteiger partial charge on any atom is -0.381 e.